The van der Waals surface area contributed by atoms with Crippen LogP contribution in [0, 0.1) is 5.92 Å². The van der Waals surface area contributed by atoms with Crippen molar-refractivity contribution in [2.24, 2.45) is 11.7 Å². The third-order valence-corrected chi connectivity index (χ3v) is 5.12. The number of primary amides is 1. The molecule has 0 saturated heterocycles. The Labute approximate surface area is 142 Å². The van der Waals surface area contributed by atoms with Gasteiger partial charge in [0.2, 0.25) is 5.95 Å². The molecule has 0 aromatic carbocycles. The Morgan fingerprint density at radius 1 is 1.25 bits per heavy atom. The molecule has 7 nitrogen and oxygen atoms in total. The van der Waals surface area contributed by atoms with E-state index in [4.69, 9.17) is 5.73 Å². The van der Waals surface area contributed by atoms with Crippen LogP contribution in [0.4, 0.5) is 11.8 Å². The van der Waals surface area contributed by atoms with Crippen molar-refractivity contribution in [3.63, 3.8) is 0 Å². The number of rotatable bonds is 6. The van der Waals surface area contributed by atoms with Crippen molar-refractivity contribution >= 4 is 17.7 Å². The first kappa shape index (κ1) is 17.0. The predicted molar refractivity (Wildman–Crippen MR) is 92.9 cm³/mol. The topological polar surface area (TPSA) is 113 Å². The van der Waals surface area contributed by atoms with Gasteiger partial charge < -0.3 is 21.5 Å². The van der Waals surface area contributed by atoms with Gasteiger partial charge in [0.25, 0.3) is 5.91 Å². The molecule has 0 aliphatic heterocycles. The number of carbonyl (C=O) groups excluding carboxylic acids is 1. The fourth-order valence-corrected chi connectivity index (χ4v) is 3.34. The quantitative estimate of drug-likeness (QED) is 0.632. The predicted octanol–water partition coefficient (Wildman–Crippen LogP) is 1.89. The average Bonchev–Trinajstić information content (AvgIpc) is 3.34. The molecule has 0 unspecified atom stereocenters. The number of anilines is 2. The summed E-state index contributed by atoms with van der Waals surface area (Å²) < 4.78 is 0. The van der Waals surface area contributed by atoms with Crippen LogP contribution in [-0.2, 0) is 0 Å². The van der Waals surface area contributed by atoms with E-state index in [0.717, 1.165) is 25.7 Å². The van der Waals surface area contributed by atoms with Crippen LogP contribution < -0.4 is 16.4 Å². The number of nitrogens with two attached hydrogens (primary N) is 1. The summed E-state index contributed by atoms with van der Waals surface area (Å²) in [7, 11) is 0. The van der Waals surface area contributed by atoms with Crippen molar-refractivity contribution in [1.82, 2.24) is 9.97 Å². The van der Waals surface area contributed by atoms with Gasteiger partial charge in [-0.25, -0.2) is 4.98 Å². The molecule has 2 saturated carbocycles. The SMILES string of the molecule is CC(C)(Nc1nc(N[C@H]2CC[C@H](O)CC2)ncc1C(N)=O)C1CC1. The zero-order chi connectivity index (χ0) is 17.3. The van der Waals surface area contributed by atoms with Crippen molar-refractivity contribution in [3.05, 3.63) is 11.8 Å². The molecule has 0 spiro atoms. The maximum absolute atomic E-state index is 11.7. The lowest BCUT2D eigenvalue weighted by Crippen LogP contribution is -2.35. The third-order valence-electron chi connectivity index (χ3n) is 5.12. The van der Waals surface area contributed by atoms with E-state index >= 15 is 0 Å². The molecule has 1 amide bonds. The Morgan fingerprint density at radius 3 is 2.50 bits per heavy atom. The van der Waals surface area contributed by atoms with Gasteiger partial charge in [0.05, 0.1) is 11.7 Å². The van der Waals surface area contributed by atoms with Crippen molar-refractivity contribution in [2.45, 2.75) is 70.1 Å². The molecule has 1 aromatic rings. The summed E-state index contributed by atoms with van der Waals surface area (Å²) in [6, 6.07) is 0.247. The molecule has 0 atom stereocenters. The minimum absolute atomic E-state index is 0.134. The first-order valence-electron chi connectivity index (χ1n) is 8.75. The molecule has 2 aliphatic carbocycles. The minimum Gasteiger partial charge on any atom is -0.393 e. The van der Waals surface area contributed by atoms with Crippen molar-refractivity contribution in [3.8, 4) is 0 Å². The molecule has 7 heteroatoms. The maximum Gasteiger partial charge on any atom is 0.254 e. The lowest BCUT2D eigenvalue weighted by Gasteiger charge is -2.29. The molecule has 0 bridgehead atoms. The van der Waals surface area contributed by atoms with E-state index in [2.05, 4.69) is 34.4 Å². The Hall–Kier alpha value is -1.89. The van der Waals surface area contributed by atoms with Crippen LogP contribution in [0.15, 0.2) is 6.20 Å². The number of nitrogens with zero attached hydrogens (tertiary/aromatic N) is 2. The molecule has 3 rings (SSSR count). The summed E-state index contributed by atoms with van der Waals surface area (Å²) in [6.45, 7) is 4.24. The number of aliphatic hydroxyl groups excluding tert-OH is 1. The first-order valence-corrected chi connectivity index (χ1v) is 8.75. The van der Waals surface area contributed by atoms with Gasteiger partial charge in [0, 0.05) is 17.8 Å². The fraction of sp³-hybridized carbons (Fsp3) is 0.706. The number of aliphatic hydroxyl groups is 1. The molecule has 1 aromatic heterocycles. The second-order valence-corrected chi connectivity index (χ2v) is 7.59. The number of aromatic nitrogens is 2. The summed E-state index contributed by atoms with van der Waals surface area (Å²) in [5, 5.41) is 16.3. The molecule has 5 N–H and O–H groups in total. The molecule has 24 heavy (non-hydrogen) atoms. The average molecular weight is 333 g/mol. The summed E-state index contributed by atoms with van der Waals surface area (Å²) in [5.74, 6) is 1.05. The van der Waals surface area contributed by atoms with Crippen LogP contribution in [-0.4, -0.2) is 38.7 Å². The van der Waals surface area contributed by atoms with E-state index in [-0.39, 0.29) is 17.7 Å². The minimum atomic E-state index is -0.531. The Bertz CT molecular complexity index is 607. The van der Waals surface area contributed by atoms with Gasteiger partial charge in [-0.05, 0) is 58.3 Å². The summed E-state index contributed by atoms with van der Waals surface area (Å²) in [4.78, 5) is 20.4. The largest absolute Gasteiger partial charge is 0.393 e. The Balaban J connectivity index is 1.76. The standard InChI is InChI=1S/C17H27N5O2/c1-17(2,10-3-4-10)22-15-13(14(18)24)9-19-16(21-15)20-11-5-7-12(23)8-6-11/h9-12,23H,3-8H2,1-2H3,(H2,18,24)(H2,19,20,21,22)/t11-,12-. The lowest BCUT2D eigenvalue weighted by molar-refractivity contribution is 0.1000. The van der Waals surface area contributed by atoms with Crippen LogP contribution in [0.25, 0.3) is 0 Å². The monoisotopic (exact) mass is 333 g/mol. The fourth-order valence-electron chi connectivity index (χ4n) is 3.34. The van der Waals surface area contributed by atoms with Crippen molar-refractivity contribution in [1.29, 1.82) is 0 Å². The third kappa shape index (κ3) is 3.95. The van der Waals surface area contributed by atoms with Gasteiger partial charge in [-0.2, -0.15) is 4.98 Å². The Morgan fingerprint density at radius 2 is 1.92 bits per heavy atom. The van der Waals surface area contributed by atoms with Gasteiger partial charge in [-0.1, -0.05) is 0 Å². The van der Waals surface area contributed by atoms with E-state index in [1.165, 1.54) is 19.0 Å². The number of hydrogen-bond acceptors (Lipinski definition) is 6. The number of amides is 1. The van der Waals surface area contributed by atoms with Crippen LogP contribution in [0.2, 0.25) is 0 Å². The second kappa shape index (κ2) is 6.55. The van der Waals surface area contributed by atoms with Gasteiger partial charge >= 0.3 is 0 Å². The van der Waals surface area contributed by atoms with E-state index in [0.29, 0.717) is 23.2 Å². The molecule has 2 aliphatic rings. The highest BCUT2D eigenvalue weighted by molar-refractivity contribution is 5.97. The summed E-state index contributed by atoms with van der Waals surface area (Å²) in [5.41, 5.74) is 5.65. The van der Waals surface area contributed by atoms with E-state index < -0.39 is 5.91 Å². The van der Waals surface area contributed by atoms with Gasteiger partial charge in [-0.15, -0.1) is 0 Å². The summed E-state index contributed by atoms with van der Waals surface area (Å²) in [6.07, 6.45) is 7.02. The normalized spacial score (nSPS) is 24.5. The van der Waals surface area contributed by atoms with Crippen LogP contribution in [0.3, 0.4) is 0 Å². The van der Waals surface area contributed by atoms with Gasteiger partial charge in [0.15, 0.2) is 0 Å². The zero-order valence-electron chi connectivity index (χ0n) is 14.4. The van der Waals surface area contributed by atoms with Crippen LogP contribution >= 0.6 is 0 Å². The smallest absolute Gasteiger partial charge is 0.254 e. The number of hydrogen-bond donors (Lipinski definition) is 4. The molecule has 1 heterocycles. The Kier molecular flexibility index (Phi) is 4.62. The lowest BCUT2D eigenvalue weighted by atomic mass is 9.93. The molecule has 2 fully saturated rings. The molecular weight excluding hydrogens is 306 g/mol. The van der Waals surface area contributed by atoms with Gasteiger partial charge in [0.1, 0.15) is 5.82 Å². The molecule has 132 valence electrons. The molecule has 0 radical (unpaired) electrons. The zero-order valence-corrected chi connectivity index (χ0v) is 14.4. The highest BCUT2D eigenvalue weighted by atomic mass is 16.3. The van der Waals surface area contributed by atoms with Crippen LogP contribution in [0.5, 0.6) is 0 Å². The first-order chi connectivity index (χ1) is 11.3. The number of carbonyl (C=O) groups is 1. The van der Waals surface area contributed by atoms with E-state index in [1.54, 1.807) is 0 Å². The number of nitrogens with one attached hydrogen (secondary N) is 2. The van der Waals surface area contributed by atoms with E-state index in [9.17, 15) is 9.90 Å². The van der Waals surface area contributed by atoms with Gasteiger partial charge in [-0.3, -0.25) is 4.79 Å². The highest BCUT2D eigenvalue weighted by Crippen LogP contribution is 2.41. The molecular formula is C17H27N5O2. The van der Waals surface area contributed by atoms with Crippen molar-refractivity contribution in [2.75, 3.05) is 10.6 Å². The summed E-state index contributed by atoms with van der Waals surface area (Å²) >= 11 is 0. The van der Waals surface area contributed by atoms with Crippen molar-refractivity contribution < 1.29 is 9.90 Å². The maximum atomic E-state index is 11.7. The second-order valence-electron chi connectivity index (χ2n) is 7.59. The highest BCUT2D eigenvalue weighted by Gasteiger charge is 2.38. The van der Waals surface area contributed by atoms with Crippen LogP contribution in [0.1, 0.15) is 62.7 Å². The van der Waals surface area contributed by atoms with E-state index in [1.807, 2.05) is 0 Å².